The molecule has 19 heavy (non-hydrogen) atoms. The summed E-state index contributed by atoms with van der Waals surface area (Å²) in [6.45, 7) is 0.558. The van der Waals surface area contributed by atoms with Crippen LogP contribution in [-0.2, 0) is 6.54 Å². The van der Waals surface area contributed by atoms with Crippen LogP contribution >= 0.6 is 0 Å². The lowest BCUT2D eigenvalue weighted by atomic mass is 10.1. The number of nitrogens with zero attached hydrogens (tertiary/aromatic N) is 2. The SMILES string of the molecule is CNCc1nc2ncc(-c3ccc(F)cc3)cc2o1. The molecule has 0 spiro atoms. The zero-order valence-corrected chi connectivity index (χ0v) is 10.4. The average molecular weight is 257 g/mol. The molecule has 1 N–H and O–H groups in total. The van der Waals surface area contributed by atoms with Gasteiger partial charge in [0, 0.05) is 11.8 Å². The minimum atomic E-state index is -0.256. The number of benzene rings is 1. The number of pyridine rings is 1. The van der Waals surface area contributed by atoms with Gasteiger partial charge < -0.3 is 9.73 Å². The second kappa shape index (κ2) is 4.78. The number of rotatable bonds is 3. The summed E-state index contributed by atoms with van der Waals surface area (Å²) in [6, 6.07) is 8.13. The fourth-order valence-corrected chi connectivity index (χ4v) is 1.89. The third-order valence-electron chi connectivity index (χ3n) is 2.80. The highest BCUT2D eigenvalue weighted by Gasteiger charge is 2.08. The molecule has 0 aliphatic rings. The van der Waals surface area contributed by atoms with Crippen LogP contribution in [0.2, 0.25) is 0 Å². The summed E-state index contributed by atoms with van der Waals surface area (Å²) in [4.78, 5) is 8.51. The Hall–Kier alpha value is -2.27. The quantitative estimate of drug-likeness (QED) is 0.783. The minimum Gasteiger partial charge on any atom is -0.438 e. The molecule has 3 rings (SSSR count). The Morgan fingerprint density at radius 3 is 2.74 bits per heavy atom. The van der Waals surface area contributed by atoms with Gasteiger partial charge in [0.25, 0.3) is 0 Å². The van der Waals surface area contributed by atoms with Crippen molar-refractivity contribution in [1.29, 1.82) is 0 Å². The summed E-state index contributed by atoms with van der Waals surface area (Å²) in [5.41, 5.74) is 2.98. The van der Waals surface area contributed by atoms with Crippen LogP contribution < -0.4 is 5.32 Å². The Bertz CT molecular complexity index is 706. The molecule has 0 unspecified atom stereocenters. The summed E-state index contributed by atoms with van der Waals surface area (Å²) < 4.78 is 18.5. The zero-order valence-electron chi connectivity index (χ0n) is 10.4. The van der Waals surface area contributed by atoms with Gasteiger partial charge in [-0.1, -0.05) is 12.1 Å². The Morgan fingerprint density at radius 1 is 1.21 bits per heavy atom. The Morgan fingerprint density at radius 2 is 2.00 bits per heavy atom. The molecular formula is C14H12FN3O. The first-order valence-corrected chi connectivity index (χ1v) is 5.92. The summed E-state index contributed by atoms with van der Waals surface area (Å²) in [5, 5.41) is 2.97. The molecule has 0 bridgehead atoms. The molecule has 4 nitrogen and oxygen atoms in total. The number of fused-ring (bicyclic) bond motifs is 1. The van der Waals surface area contributed by atoms with E-state index in [0.29, 0.717) is 23.7 Å². The van der Waals surface area contributed by atoms with Crippen LogP contribution in [-0.4, -0.2) is 17.0 Å². The Kier molecular flexibility index (Phi) is 2.97. The maximum absolute atomic E-state index is 12.9. The van der Waals surface area contributed by atoms with Gasteiger partial charge in [0.1, 0.15) is 5.82 Å². The largest absolute Gasteiger partial charge is 0.438 e. The van der Waals surface area contributed by atoms with Gasteiger partial charge >= 0.3 is 0 Å². The van der Waals surface area contributed by atoms with E-state index >= 15 is 0 Å². The Labute approximate surface area is 109 Å². The molecule has 0 atom stereocenters. The molecule has 0 aliphatic carbocycles. The van der Waals surface area contributed by atoms with Crippen LogP contribution in [0.5, 0.6) is 0 Å². The summed E-state index contributed by atoms with van der Waals surface area (Å²) >= 11 is 0. The van der Waals surface area contributed by atoms with Gasteiger partial charge in [-0.15, -0.1) is 0 Å². The van der Waals surface area contributed by atoms with Gasteiger partial charge in [-0.3, -0.25) is 0 Å². The molecule has 0 fully saturated rings. The van der Waals surface area contributed by atoms with Gasteiger partial charge in [-0.2, -0.15) is 4.98 Å². The van der Waals surface area contributed by atoms with E-state index in [1.807, 2.05) is 13.1 Å². The predicted octanol–water partition coefficient (Wildman–Crippen LogP) is 2.75. The van der Waals surface area contributed by atoms with Crippen LogP contribution in [0.4, 0.5) is 4.39 Å². The van der Waals surface area contributed by atoms with Gasteiger partial charge in [-0.25, -0.2) is 9.37 Å². The van der Waals surface area contributed by atoms with Crippen LogP contribution in [0.15, 0.2) is 40.9 Å². The molecule has 0 saturated heterocycles. The summed E-state index contributed by atoms with van der Waals surface area (Å²) in [7, 11) is 1.83. The number of nitrogens with one attached hydrogen (secondary N) is 1. The molecule has 2 heterocycles. The number of hydrogen-bond acceptors (Lipinski definition) is 4. The van der Waals surface area contributed by atoms with Crippen molar-refractivity contribution in [2.24, 2.45) is 0 Å². The molecule has 0 aliphatic heterocycles. The molecule has 2 aromatic heterocycles. The van der Waals surface area contributed by atoms with Crippen molar-refractivity contribution < 1.29 is 8.81 Å². The van der Waals surface area contributed by atoms with E-state index in [2.05, 4.69) is 15.3 Å². The standard InChI is InChI=1S/C14H12FN3O/c1-16-8-13-18-14-12(19-13)6-10(7-17-14)9-2-4-11(15)5-3-9/h2-7,16H,8H2,1H3. The summed E-state index contributed by atoms with van der Waals surface area (Å²) in [5.74, 6) is 0.343. The average Bonchev–Trinajstić information content (AvgIpc) is 2.81. The van der Waals surface area contributed by atoms with Crippen molar-refractivity contribution in [3.63, 3.8) is 0 Å². The maximum Gasteiger partial charge on any atom is 0.211 e. The van der Waals surface area contributed by atoms with E-state index in [-0.39, 0.29) is 5.82 Å². The highest BCUT2D eigenvalue weighted by Crippen LogP contribution is 2.23. The zero-order chi connectivity index (χ0) is 13.2. The molecule has 0 radical (unpaired) electrons. The van der Waals surface area contributed by atoms with E-state index in [1.54, 1.807) is 18.3 Å². The first-order chi connectivity index (χ1) is 9.26. The van der Waals surface area contributed by atoms with Crippen LogP contribution in [0.25, 0.3) is 22.4 Å². The van der Waals surface area contributed by atoms with Crippen molar-refractivity contribution in [3.8, 4) is 11.1 Å². The number of aromatic nitrogens is 2. The third kappa shape index (κ3) is 2.32. The topological polar surface area (TPSA) is 51.0 Å². The van der Waals surface area contributed by atoms with Crippen LogP contribution in [0.3, 0.4) is 0 Å². The molecule has 1 aromatic carbocycles. The lowest BCUT2D eigenvalue weighted by Crippen LogP contribution is -2.04. The fraction of sp³-hybridized carbons (Fsp3) is 0.143. The van der Waals surface area contributed by atoms with Crippen molar-refractivity contribution in [3.05, 3.63) is 48.2 Å². The smallest absolute Gasteiger partial charge is 0.211 e. The molecule has 0 saturated carbocycles. The van der Waals surface area contributed by atoms with E-state index < -0.39 is 0 Å². The lowest BCUT2D eigenvalue weighted by molar-refractivity contribution is 0.511. The second-order valence-electron chi connectivity index (χ2n) is 4.19. The maximum atomic E-state index is 12.9. The third-order valence-corrected chi connectivity index (χ3v) is 2.80. The lowest BCUT2D eigenvalue weighted by Gasteiger charge is -1.99. The number of hydrogen-bond donors (Lipinski definition) is 1. The molecular weight excluding hydrogens is 245 g/mol. The first-order valence-electron chi connectivity index (χ1n) is 5.92. The van der Waals surface area contributed by atoms with Gasteiger partial charge in [0.15, 0.2) is 11.2 Å². The van der Waals surface area contributed by atoms with E-state index in [1.165, 1.54) is 12.1 Å². The van der Waals surface area contributed by atoms with E-state index in [0.717, 1.165) is 11.1 Å². The monoisotopic (exact) mass is 257 g/mol. The Balaban J connectivity index is 2.03. The normalized spacial score (nSPS) is 11.1. The number of halogens is 1. The second-order valence-corrected chi connectivity index (χ2v) is 4.19. The summed E-state index contributed by atoms with van der Waals surface area (Å²) in [6.07, 6.45) is 1.71. The van der Waals surface area contributed by atoms with Crippen molar-refractivity contribution in [2.75, 3.05) is 7.05 Å². The molecule has 0 amide bonds. The fourth-order valence-electron chi connectivity index (χ4n) is 1.89. The van der Waals surface area contributed by atoms with Crippen molar-refractivity contribution in [2.45, 2.75) is 6.54 Å². The van der Waals surface area contributed by atoms with Crippen LogP contribution in [0, 0.1) is 5.82 Å². The highest BCUT2D eigenvalue weighted by atomic mass is 19.1. The van der Waals surface area contributed by atoms with Gasteiger partial charge in [0.2, 0.25) is 5.89 Å². The van der Waals surface area contributed by atoms with Crippen molar-refractivity contribution >= 4 is 11.2 Å². The van der Waals surface area contributed by atoms with Crippen molar-refractivity contribution in [1.82, 2.24) is 15.3 Å². The molecule has 3 aromatic rings. The first kappa shape index (κ1) is 11.8. The molecule has 5 heteroatoms. The molecule has 96 valence electrons. The van der Waals surface area contributed by atoms with Gasteiger partial charge in [0.05, 0.1) is 6.54 Å². The highest BCUT2D eigenvalue weighted by molar-refractivity contribution is 5.76. The van der Waals surface area contributed by atoms with E-state index in [9.17, 15) is 4.39 Å². The van der Waals surface area contributed by atoms with E-state index in [4.69, 9.17) is 4.42 Å². The predicted molar refractivity (Wildman–Crippen MR) is 70.0 cm³/mol. The number of oxazole rings is 1. The van der Waals surface area contributed by atoms with Crippen LogP contribution in [0.1, 0.15) is 5.89 Å². The van der Waals surface area contributed by atoms with Gasteiger partial charge in [-0.05, 0) is 30.8 Å². The minimum absolute atomic E-state index is 0.256.